The largest absolute Gasteiger partial charge is 0.453 e. The Hall–Kier alpha value is -2.88. The van der Waals surface area contributed by atoms with Crippen LogP contribution >= 0.6 is 0 Å². The zero-order valence-corrected chi connectivity index (χ0v) is 17.0. The normalized spacial score (nSPS) is 18.0. The zero-order chi connectivity index (χ0) is 21.4. The average molecular weight is 431 g/mol. The van der Waals surface area contributed by atoms with Gasteiger partial charge in [-0.2, -0.15) is 17.7 Å². The quantitative estimate of drug-likeness (QED) is 0.646. The molecule has 1 N–H and O–H groups in total. The highest BCUT2D eigenvalue weighted by molar-refractivity contribution is 5.49. The van der Waals surface area contributed by atoms with E-state index < -0.39 is 12.0 Å². The lowest BCUT2D eigenvalue weighted by atomic mass is 10.1. The number of nitrogens with zero attached hydrogens (tertiary/aromatic N) is 6. The Morgan fingerprint density at radius 1 is 0.935 bits per heavy atom. The van der Waals surface area contributed by atoms with Crippen LogP contribution in [0.2, 0.25) is 0 Å². The molecule has 3 heterocycles. The molecular weight excluding hydrogens is 407 g/mol. The van der Waals surface area contributed by atoms with Gasteiger partial charge in [0.05, 0.1) is 0 Å². The third-order valence-electron chi connectivity index (χ3n) is 5.88. The van der Waals surface area contributed by atoms with Gasteiger partial charge in [-0.1, -0.05) is 12.1 Å². The van der Waals surface area contributed by atoms with Crippen LogP contribution in [0.3, 0.4) is 0 Å². The van der Waals surface area contributed by atoms with E-state index in [9.17, 15) is 13.2 Å². The van der Waals surface area contributed by atoms with Crippen molar-refractivity contribution in [1.29, 1.82) is 0 Å². The van der Waals surface area contributed by atoms with E-state index in [-0.39, 0.29) is 5.65 Å². The van der Waals surface area contributed by atoms with E-state index in [1.165, 1.54) is 31.1 Å². The van der Waals surface area contributed by atoms with Crippen LogP contribution in [0.1, 0.15) is 24.2 Å². The van der Waals surface area contributed by atoms with Gasteiger partial charge in [-0.05, 0) is 48.6 Å². The van der Waals surface area contributed by atoms with Gasteiger partial charge in [0.2, 0.25) is 0 Å². The van der Waals surface area contributed by atoms with Crippen LogP contribution in [-0.4, -0.2) is 57.4 Å². The van der Waals surface area contributed by atoms with E-state index >= 15 is 0 Å². The predicted molar refractivity (Wildman–Crippen MR) is 111 cm³/mol. The monoisotopic (exact) mass is 431 g/mol. The summed E-state index contributed by atoms with van der Waals surface area (Å²) in [6.07, 6.45) is -1.83. The van der Waals surface area contributed by atoms with Crippen molar-refractivity contribution < 1.29 is 13.2 Å². The standard InChI is InChI=1S/C21H24F3N7/c22-21(23,24)20-27-26-19-8-7-18(28-31(19)20)25-13-15-3-5-17(6-4-15)30-11-9-29(10-12-30)14-16-1-2-16/h3-8,16H,1-2,9-14H2,(H,25,28). The van der Waals surface area contributed by atoms with E-state index in [2.05, 4.69) is 42.5 Å². The van der Waals surface area contributed by atoms with Gasteiger partial charge in [-0.3, -0.25) is 4.90 Å². The molecule has 1 aliphatic heterocycles. The molecule has 1 saturated heterocycles. The average Bonchev–Trinajstić information content (AvgIpc) is 3.47. The van der Waals surface area contributed by atoms with Gasteiger partial charge in [0, 0.05) is 45.0 Å². The first kappa shape index (κ1) is 20.0. The number of piperazine rings is 1. The number of alkyl halides is 3. The van der Waals surface area contributed by atoms with Crippen LogP contribution in [0.5, 0.6) is 0 Å². The molecule has 3 aromatic rings. The van der Waals surface area contributed by atoms with Crippen LogP contribution in [0.15, 0.2) is 36.4 Å². The molecule has 2 aromatic heterocycles. The number of nitrogens with one attached hydrogen (secondary N) is 1. The molecule has 31 heavy (non-hydrogen) atoms. The van der Waals surface area contributed by atoms with Crippen LogP contribution in [0.4, 0.5) is 24.7 Å². The lowest BCUT2D eigenvalue weighted by Gasteiger charge is -2.36. The highest BCUT2D eigenvalue weighted by Gasteiger charge is 2.37. The molecule has 0 radical (unpaired) electrons. The number of hydrogen-bond donors (Lipinski definition) is 1. The third-order valence-corrected chi connectivity index (χ3v) is 5.88. The molecule has 5 rings (SSSR count). The fourth-order valence-electron chi connectivity index (χ4n) is 3.93. The Balaban J connectivity index is 1.18. The van der Waals surface area contributed by atoms with Crippen LogP contribution < -0.4 is 10.2 Å². The smallest absolute Gasteiger partial charge is 0.369 e. The molecule has 7 nitrogen and oxygen atoms in total. The summed E-state index contributed by atoms with van der Waals surface area (Å²) < 4.78 is 39.8. The van der Waals surface area contributed by atoms with Gasteiger partial charge in [0.1, 0.15) is 5.82 Å². The van der Waals surface area contributed by atoms with Crippen LogP contribution in [-0.2, 0) is 12.7 Å². The van der Waals surface area contributed by atoms with Gasteiger partial charge >= 0.3 is 6.18 Å². The summed E-state index contributed by atoms with van der Waals surface area (Å²) in [5.74, 6) is 0.125. The van der Waals surface area contributed by atoms with Gasteiger partial charge in [-0.25, -0.2) is 0 Å². The summed E-state index contributed by atoms with van der Waals surface area (Å²) in [5, 5.41) is 13.8. The maximum atomic E-state index is 13.0. The second-order valence-electron chi connectivity index (χ2n) is 8.26. The van der Waals surface area contributed by atoms with Gasteiger partial charge in [0.25, 0.3) is 5.82 Å². The predicted octanol–water partition coefficient (Wildman–Crippen LogP) is 3.29. The molecule has 0 unspecified atom stereocenters. The Bertz CT molecular complexity index is 1040. The Morgan fingerprint density at radius 3 is 2.35 bits per heavy atom. The minimum absolute atomic E-state index is 0.0551. The second-order valence-corrected chi connectivity index (χ2v) is 8.26. The number of halogens is 3. The van der Waals surface area contributed by atoms with E-state index in [0.717, 1.165) is 37.7 Å². The highest BCUT2D eigenvalue weighted by atomic mass is 19.4. The Labute approximate surface area is 177 Å². The van der Waals surface area contributed by atoms with Gasteiger partial charge < -0.3 is 10.2 Å². The fraction of sp³-hybridized carbons (Fsp3) is 0.476. The summed E-state index contributed by atoms with van der Waals surface area (Å²) in [5.41, 5.74) is 2.28. The van der Waals surface area contributed by atoms with Crippen molar-refractivity contribution in [2.75, 3.05) is 42.9 Å². The summed E-state index contributed by atoms with van der Waals surface area (Å²) in [4.78, 5) is 4.97. The van der Waals surface area contributed by atoms with E-state index in [4.69, 9.17) is 0 Å². The first-order chi connectivity index (χ1) is 15.0. The topological polar surface area (TPSA) is 61.6 Å². The molecule has 164 valence electrons. The zero-order valence-electron chi connectivity index (χ0n) is 17.0. The van der Waals surface area contributed by atoms with Crippen molar-refractivity contribution in [3.63, 3.8) is 0 Å². The third kappa shape index (κ3) is 4.58. The molecule has 0 bridgehead atoms. The van der Waals surface area contributed by atoms with E-state index in [1.807, 2.05) is 12.1 Å². The molecule has 1 aromatic carbocycles. The van der Waals surface area contributed by atoms with Crippen molar-refractivity contribution in [3.8, 4) is 0 Å². The van der Waals surface area contributed by atoms with Crippen molar-refractivity contribution >= 4 is 17.2 Å². The number of aromatic nitrogens is 4. The molecule has 0 spiro atoms. The van der Waals surface area contributed by atoms with Crippen LogP contribution in [0, 0.1) is 5.92 Å². The molecule has 10 heteroatoms. The number of anilines is 2. The first-order valence-electron chi connectivity index (χ1n) is 10.6. The minimum Gasteiger partial charge on any atom is -0.369 e. The lowest BCUT2D eigenvalue weighted by molar-refractivity contribution is -0.146. The maximum Gasteiger partial charge on any atom is 0.453 e. The number of hydrogen-bond acceptors (Lipinski definition) is 6. The second kappa shape index (κ2) is 7.99. The van der Waals surface area contributed by atoms with Crippen molar-refractivity contribution in [1.82, 2.24) is 24.7 Å². The van der Waals surface area contributed by atoms with Crippen LogP contribution in [0.25, 0.3) is 5.65 Å². The summed E-state index contributed by atoms with van der Waals surface area (Å²) in [6, 6.07) is 11.3. The fourth-order valence-corrected chi connectivity index (χ4v) is 3.93. The maximum absolute atomic E-state index is 13.0. The summed E-state index contributed by atoms with van der Waals surface area (Å²) in [7, 11) is 0. The summed E-state index contributed by atoms with van der Waals surface area (Å²) >= 11 is 0. The van der Waals surface area contributed by atoms with Gasteiger partial charge in [-0.15, -0.1) is 15.3 Å². The molecule has 2 aliphatic rings. The van der Waals surface area contributed by atoms with E-state index in [0.29, 0.717) is 16.9 Å². The number of fused-ring (bicyclic) bond motifs is 1. The molecular formula is C21H24F3N7. The van der Waals surface area contributed by atoms with Crippen molar-refractivity contribution in [2.24, 2.45) is 5.92 Å². The number of rotatable bonds is 6. The molecule has 0 amide bonds. The molecule has 0 atom stereocenters. The lowest BCUT2D eigenvalue weighted by Crippen LogP contribution is -2.47. The molecule has 2 fully saturated rings. The minimum atomic E-state index is -4.61. The molecule has 1 saturated carbocycles. The Morgan fingerprint density at radius 2 is 1.68 bits per heavy atom. The highest BCUT2D eigenvalue weighted by Crippen LogP contribution is 2.30. The van der Waals surface area contributed by atoms with Crippen molar-refractivity contribution in [3.05, 3.63) is 47.8 Å². The first-order valence-corrected chi connectivity index (χ1v) is 10.6. The Kier molecular flexibility index (Phi) is 5.17. The van der Waals surface area contributed by atoms with Gasteiger partial charge in [0.15, 0.2) is 5.65 Å². The number of benzene rings is 1. The SMILES string of the molecule is FC(F)(F)c1nnc2ccc(NCc3ccc(N4CCN(CC5CC5)CC4)cc3)nn12. The molecule has 1 aliphatic carbocycles. The van der Waals surface area contributed by atoms with Crippen molar-refractivity contribution in [2.45, 2.75) is 25.6 Å². The summed E-state index contributed by atoms with van der Waals surface area (Å²) in [6.45, 7) is 5.99. The van der Waals surface area contributed by atoms with E-state index in [1.54, 1.807) is 6.07 Å².